The fraction of sp³-hybridized carbons (Fsp3) is 0.0556. The predicted octanol–water partition coefficient (Wildman–Crippen LogP) is 4.55. The maximum absolute atomic E-state index is 12.3. The third-order valence-electron chi connectivity index (χ3n) is 3.48. The van der Waals surface area contributed by atoms with Crippen LogP contribution in [0.2, 0.25) is 10.0 Å². The molecule has 6 nitrogen and oxygen atoms in total. The number of ether oxygens (including phenoxy) is 2. The Labute approximate surface area is 168 Å². The first-order valence-electron chi connectivity index (χ1n) is 7.47. The van der Waals surface area contributed by atoms with Gasteiger partial charge in [-0.25, -0.2) is 4.79 Å². The van der Waals surface area contributed by atoms with Crippen LogP contribution >= 0.6 is 35.0 Å². The number of nitrogens with one attached hydrogen (secondary N) is 1. The lowest BCUT2D eigenvalue weighted by Gasteiger charge is -2.11. The number of carbonyl (C=O) groups excluding carboxylic acids is 3. The molecule has 1 fully saturated rings. The second-order valence-electron chi connectivity index (χ2n) is 5.28. The summed E-state index contributed by atoms with van der Waals surface area (Å²) in [4.78, 5) is 35.5. The number of amides is 2. The van der Waals surface area contributed by atoms with E-state index in [1.54, 1.807) is 12.1 Å². The predicted molar refractivity (Wildman–Crippen MR) is 104 cm³/mol. The number of hydrogen-bond donors (Lipinski definition) is 1. The molecule has 3 rings (SSSR count). The zero-order valence-electron chi connectivity index (χ0n) is 13.7. The normalized spacial score (nSPS) is 15.0. The van der Waals surface area contributed by atoms with Crippen molar-refractivity contribution >= 4 is 58.2 Å². The smallest absolute Gasteiger partial charge is 0.345 e. The molecule has 0 aliphatic carbocycles. The van der Waals surface area contributed by atoms with Gasteiger partial charge in [0.25, 0.3) is 11.1 Å². The zero-order valence-corrected chi connectivity index (χ0v) is 16.1. The van der Waals surface area contributed by atoms with E-state index < -0.39 is 17.1 Å². The molecule has 0 spiro atoms. The van der Waals surface area contributed by atoms with E-state index >= 15 is 0 Å². The number of carbonyl (C=O) groups is 3. The van der Waals surface area contributed by atoms with Crippen LogP contribution in [0.4, 0.5) is 4.79 Å². The summed E-state index contributed by atoms with van der Waals surface area (Å²) in [5, 5.41) is 2.32. The van der Waals surface area contributed by atoms with E-state index in [1.165, 1.54) is 37.5 Å². The van der Waals surface area contributed by atoms with Crippen LogP contribution in [0.3, 0.4) is 0 Å². The minimum atomic E-state index is -0.669. The maximum atomic E-state index is 12.3. The van der Waals surface area contributed by atoms with E-state index in [4.69, 9.17) is 32.7 Å². The molecule has 0 saturated carbocycles. The van der Waals surface area contributed by atoms with Crippen molar-refractivity contribution in [2.24, 2.45) is 0 Å². The molecule has 0 bridgehead atoms. The molecule has 0 radical (unpaired) electrons. The summed E-state index contributed by atoms with van der Waals surface area (Å²) >= 11 is 12.6. The molecule has 1 aliphatic heterocycles. The average molecular weight is 424 g/mol. The van der Waals surface area contributed by atoms with Gasteiger partial charge in [0.2, 0.25) is 0 Å². The largest absolute Gasteiger partial charge is 0.493 e. The number of hydrogen-bond acceptors (Lipinski definition) is 6. The van der Waals surface area contributed by atoms with E-state index in [1.807, 2.05) is 0 Å². The highest BCUT2D eigenvalue weighted by atomic mass is 35.5. The lowest BCUT2D eigenvalue weighted by molar-refractivity contribution is -0.115. The molecule has 1 aliphatic rings. The van der Waals surface area contributed by atoms with Crippen LogP contribution in [-0.2, 0) is 4.79 Å². The Morgan fingerprint density at radius 2 is 1.89 bits per heavy atom. The fourth-order valence-electron chi connectivity index (χ4n) is 2.24. The Morgan fingerprint density at radius 3 is 2.52 bits per heavy atom. The molecule has 0 unspecified atom stereocenters. The summed E-state index contributed by atoms with van der Waals surface area (Å²) in [5.74, 6) is -0.679. The van der Waals surface area contributed by atoms with E-state index in [-0.39, 0.29) is 27.0 Å². The highest BCUT2D eigenvalue weighted by Crippen LogP contribution is 2.32. The number of esters is 1. The van der Waals surface area contributed by atoms with Crippen molar-refractivity contribution in [2.45, 2.75) is 0 Å². The van der Waals surface area contributed by atoms with Crippen molar-refractivity contribution in [3.8, 4) is 11.5 Å². The number of methoxy groups -OCH3 is 1. The van der Waals surface area contributed by atoms with Crippen LogP contribution in [0.15, 0.2) is 41.3 Å². The van der Waals surface area contributed by atoms with Gasteiger partial charge in [0.05, 0.1) is 22.6 Å². The van der Waals surface area contributed by atoms with Gasteiger partial charge in [-0.2, -0.15) is 0 Å². The topological polar surface area (TPSA) is 81.7 Å². The SMILES string of the molecule is COc1cc(/C=C2/SC(=O)NC2=O)ccc1OC(=O)c1ccc(Cl)cc1Cl. The number of imide groups is 1. The van der Waals surface area contributed by atoms with Crippen molar-refractivity contribution in [1.82, 2.24) is 5.32 Å². The second-order valence-corrected chi connectivity index (χ2v) is 7.13. The molecule has 2 amide bonds. The summed E-state index contributed by atoms with van der Waals surface area (Å²) in [5.41, 5.74) is 0.760. The van der Waals surface area contributed by atoms with Gasteiger partial charge in [-0.3, -0.25) is 14.9 Å². The van der Waals surface area contributed by atoms with Crippen LogP contribution in [0.25, 0.3) is 6.08 Å². The second kappa shape index (κ2) is 8.04. The van der Waals surface area contributed by atoms with Gasteiger partial charge < -0.3 is 9.47 Å². The Balaban J connectivity index is 1.84. The summed E-state index contributed by atoms with van der Waals surface area (Å²) in [6.45, 7) is 0. The maximum Gasteiger partial charge on any atom is 0.345 e. The van der Waals surface area contributed by atoms with Gasteiger partial charge in [0.1, 0.15) is 0 Å². The molecule has 2 aromatic rings. The van der Waals surface area contributed by atoms with E-state index in [0.29, 0.717) is 10.6 Å². The lowest BCUT2D eigenvalue weighted by Crippen LogP contribution is -2.17. The minimum Gasteiger partial charge on any atom is -0.493 e. The van der Waals surface area contributed by atoms with Gasteiger partial charge in [-0.1, -0.05) is 29.3 Å². The molecule has 0 aromatic heterocycles. The van der Waals surface area contributed by atoms with Gasteiger partial charge in [0, 0.05) is 5.02 Å². The molecule has 2 aromatic carbocycles. The molecular formula is C18H11Cl2NO5S. The highest BCUT2D eigenvalue weighted by Gasteiger charge is 2.25. The van der Waals surface area contributed by atoms with Gasteiger partial charge >= 0.3 is 5.97 Å². The van der Waals surface area contributed by atoms with E-state index in [9.17, 15) is 14.4 Å². The molecule has 0 atom stereocenters. The third-order valence-corrected chi connectivity index (χ3v) is 4.84. The van der Waals surface area contributed by atoms with Crippen molar-refractivity contribution in [3.05, 3.63) is 62.5 Å². The van der Waals surface area contributed by atoms with Crippen LogP contribution in [0.1, 0.15) is 15.9 Å². The van der Waals surface area contributed by atoms with Gasteiger partial charge in [-0.05, 0) is 53.7 Å². The molecule has 1 saturated heterocycles. The first-order valence-corrected chi connectivity index (χ1v) is 9.05. The molecular weight excluding hydrogens is 413 g/mol. The average Bonchev–Trinajstić information content (AvgIpc) is 2.93. The molecule has 9 heteroatoms. The Bertz CT molecular complexity index is 990. The van der Waals surface area contributed by atoms with Gasteiger partial charge in [0.15, 0.2) is 11.5 Å². The summed E-state index contributed by atoms with van der Waals surface area (Å²) in [6, 6.07) is 9.16. The minimum absolute atomic E-state index is 0.159. The first-order chi connectivity index (χ1) is 12.9. The fourth-order valence-corrected chi connectivity index (χ4v) is 3.41. The van der Waals surface area contributed by atoms with Crippen molar-refractivity contribution in [1.29, 1.82) is 0 Å². The number of halogens is 2. The van der Waals surface area contributed by atoms with Crippen LogP contribution in [0.5, 0.6) is 11.5 Å². The number of rotatable bonds is 4. The first kappa shape index (κ1) is 19.3. The molecule has 27 heavy (non-hydrogen) atoms. The number of benzene rings is 2. The van der Waals surface area contributed by atoms with Crippen LogP contribution in [-0.4, -0.2) is 24.2 Å². The molecule has 1 N–H and O–H groups in total. The van der Waals surface area contributed by atoms with Crippen LogP contribution in [0, 0.1) is 0 Å². The Hall–Kier alpha value is -2.48. The Morgan fingerprint density at radius 1 is 1.11 bits per heavy atom. The summed E-state index contributed by atoms with van der Waals surface area (Å²) in [6.07, 6.45) is 1.54. The standard InChI is InChI=1S/C18H11Cl2NO5S/c1-25-14-6-9(7-15-16(22)21-18(24)27-15)2-5-13(14)26-17(23)11-4-3-10(19)8-12(11)20/h2-8H,1H3,(H,21,22,24)/b15-7+. The quantitative estimate of drug-likeness (QED) is 0.441. The third kappa shape index (κ3) is 4.44. The van der Waals surface area contributed by atoms with Crippen molar-refractivity contribution < 1.29 is 23.9 Å². The highest BCUT2D eigenvalue weighted by molar-refractivity contribution is 8.18. The molecule has 1 heterocycles. The molecule has 138 valence electrons. The van der Waals surface area contributed by atoms with Gasteiger partial charge in [-0.15, -0.1) is 0 Å². The van der Waals surface area contributed by atoms with Crippen molar-refractivity contribution in [2.75, 3.05) is 7.11 Å². The van der Waals surface area contributed by atoms with E-state index in [0.717, 1.165) is 11.8 Å². The summed E-state index contributed by atoms with van der Waals surface area (Å²) < 4.78 is 10.6. The monoisotopic (exact) mass is 423 g/mol. The lowest BCUT2D eigenvalue weighted by atomic mass is 10.1. The van der Waals surface area contributed by atoms with Crippen molar-refractivity contribution in [3.63, 3.8) is 0 Å². The zero-order chi connectivity index (χ0) is 19.6. The van der Waals surface area contributed by atoms with Crippen LogP contribution < -0.4 is 14.8 Å². The number of thioether (sulfide) groups is 1. The Kier molecular flexibility index (Phi) is 5.74. The summed E-state index contributed by atoms with van der Waals surface area (Å²) in [7, 11) is 1.42. The van der Waals surface area contributed by atoms with E-state index in [2.05, 4.69) is 5.32 Å².